The van der Waals surface area contributed by atoms with E-state index in [1.54, 1.807) is 12.3 Å². The summed E-state index contributed by atoms with van der Waals surface area (Å²) in [6.45, 7) is 3.69. The molecule has 0 aliphatic heterocycles. The van der Waals surface area contributed by atoms with Crippen molar-refractivity contribution < 1.29 is 4.74 Å². The van der Waals surface area contributed by atoms with Crippen LogP contribution in [0.1, 0.15) is 51.3 Å². The summed E-state index contributed by atoms with van der Waals surface area (Å²) in [5.41, 5.74) is 6.12. The first-order chi connectivity index (χ1) is 10.7. The third kappa shape index (κ3) is 2.84. The Balaban J connectivity index is 1.70. The number of anilines is 1. The Hall–Kier alpha value is -1.20. The van der Waals surface area contributed by atoms with Crippen molar-refractivity contribution in [3.63, 3.8) is 0 Å². The van der Waals surface area contributed by atoms with Gasteiger partial charge in [0, 0.05) is 24.3 Å². The Bertz CT molecular complexity index is 501. The predicted octanol–water partition coefficient (Wildman–Crippen LogP) is 2.62. The van der Waals surface area contributed by atoms with Gasteiger partial charge in [0.2, 0.25) is 0 Å². The molecule has 5 heteroatoms. The van der Waals surface area contributed by atoms with Crippen LogP contribution in [0, 0.1) is 5.41 Å². The van der Waals surface area contributed by atoms with E-state index < -0.39 is 0 Å². The molecular weight excluding hydrogens is 276 g/mol. The first-order valence-corrected chi connectivity index (χ1v) is 8.55. The van der Waals surface area contributed by atoms with E-state index in [0.29, 0.717) is 23.4 Å². The van der Waals surface area contributed by atoms with Gasteiger partial charge in [-0.05, 0) is 39.3 Å². The van der Waals surface area contributed by atoms with Gasteiger partial charge in [-0.3, -0.25) is 4.90 Å². The lowest BCUT2D eigenvalue weighted by atomic mass is 9.54. The van der Waals surface area contributed by atoms with Crippen LogP contribution >= 0.6 is 0 Å². The van der Waals surface area contributed by atoms with Crippen molar-refractivity contribution >= 4 is 5.82 Å². The molecule has 3 rings (SSSR count). The topological polar surface area (TPSA) is 64.3 Å². The maximum absolute atomic E-state index is 6.04. The first kappa shape index (κ1) is 15.7. The number of hydrogen-bond acceptors (Lipinski definition) is 5. The fourth-order valence-electron chi connectivity index (χ4n) is 4.47. The second kappa shape index (κ2) is 6.50. The summed E-state index contributed by atoms with van der Waals surface area (Å²) in [5, 5.41) is 0. The number of ether oxygens (including phenoxy) is 1. The summed E-state index contributed by atoms with van der Waals surface area (Å²) in [6.07, 6.45) is 9.94. The van der Waals surface area contributed by atoms with Crippen LogP contribution < -0.4 is 5.73 Å². The number of nitrogen functional groups attached to an aromatic ring is 1. The van der Waals surface area contributed by atoms with Crippen molar-refractivity contribution in [2.24, 2.45) is 5.41 Å². The minimum atomic E-state index is 0.351. The molecular formula is C17H28N4O. The smallest absolute Gasteiger partial charge is 0.144 e. The first-order valence-electron chi connectivity index (χ1n) is 8.55. The van der Waals surface area contributed by atoms with Crippen LogP contribution in [0.5, 0.6) is 0 Å². The lowest BCUT2D eigenvalue weighted by molar-refractivity contribution is -0.180. The summed E-state index contributed by atoms with van der Waals surface area (Å²) in [4.78, 5) is 11.1. The summed E-state index contributed by atoms with van der Waals surface area (Å²) in [5.74, 6) is 1.36. The van der Waals surface area contributed by atoms with Gasteiger partial charge in [-0.15, -0.1) is 0 Å². The molecule has 1 aromatic heterocycles. The average Bonchev–Trinajstić information content (AvgIpc) is 2.51. The Labute approximate surface area is 133 Å². The van der Waals surface area contributed by atoms with Gasteiger partial charge in [-0.2, -0.15) is 0 Å². The van der Waals surface area contributed by atoms with Crippen LogP contribution in [0.4, 0.5) is 5.82 Å². The quantitative estimate of drug-likeness (QED) is 0.906. The number of nitrogens with two attached hydrogens (primary N) is 1. The Morgan fingerprint density at radius 1 is 1.36 bits per heavy atom. The number of nitrogens with zero attached hydrogens (tertiary/aromatic N) is 3. The molecule has 5 nitrogen and oxygen atoms in total. The van der Waals surface area contributed by atoms with Gasteiger partial charge in [0.15, 0.2) is 0 Å². The lowest BCUT2D eigenvalue weighted by Gasteiger charge is -2.60. The molecule has 22 heavy (non-hydrogen) atoms. The molecule has 2 aliphatic carbocycles. The Kier molecular flexibility index (Phi) is 4.64. The summed E-state index contributed by atoms with van der Waals surface area (Å²) < 4.78 is 6.04. The monoisotopic (exact) mass is 304 g/mol. The second-order valence-corrected chi connectivity index (χ2v) is 6.80. The van der Waals surface area contributed by atoms with E-state index in [0.717, 1.165) is 25.4 Å². The molecule has 2 fully saturated rings. The van der Waals surface area contributed by atoms with Crippen molar-refractivity contribution in [3.05, 3.63) is 18.1 Å². The highest BCUT2D eigenvalue weighted by Gasteiger charge is 2.56. The highest BCUT2D eigenvalue weighted by Crippen LogP contribution is 2.55. The molecule has 0 radical (unpaired) electrons. The van der Waals surface area contributed by atoms with Crippen LogP contribution in [-0.2, 0) is 11.3 Å². The van der Waals surface area contributed by atoms with E-state index in [4.69, 9.17) is 10.5 Å². The van der Waals surface area contributed by atoms with Gasteiger partial charge in [0.05, 0.1) is 12.6 Å². The zero-order valence-electron chi connectivity index (χ0n) is 13.8. The zero-order chi connectivity index (χ0) is 15.6. The lowest BCUT2D eigenvalue weighted by Crippen LogP contribution is -2.64. The van der Waals surface area contributed by atoms with Gasteiger partial charge < -0.3 is 10.5 Å². The predicted molar refractivity (Wildman–Crippen MR) is 87.2 cm³/mol. The molecule has 122 valence electrons. The van der Waals surface area contributed by atoms with Gasteiger partial charge in [-0.1, -0.05) is 19.3 Å². The Morgan fingerprint density at radius 2 is 2.14 bits per heavy atom. The van der Waals surface area contributed by atoms with E-state index in [-0.39, 0.29) is 0 Å². The zero-order valence-corrected chi connectivity index (χ0v) is 13.8. The fraction of sp³-hybridized carbons (Fsp3) is 0.765. The molecule has 2 atom stereocenters. The van der Waals surface area contributed by atoms with Crippen molar-refractivity contribution in [2.75, 3.05) is 19.4 Å². The number of rotatable bonds is 5. The molecule has 0 saturated heterocycles. The molecule has 2 saturated carbocycles. The largest absolute Gasteiger partial charge is 0.384 e. The third-order valence-electron chi connectivity index (χ3n) is 5.54. The highest BCUT2D eigenvalue weighted by molar-refractivity contribution is 5.25. The molecule has 2 N–H and O–H groups in total. The third-order valence-corrected chi connectivity index (χ3v) is 5.54. The maximum Gasteiger partial charge on any atom is 0.144 e. The highest BCUT2D eigenvalue weighted by atomic mass is 16.5. The molecule has 0 aromatic carbocycles. The summed E-state index contributed by atoms with van der Waals surface area (Å²) in [7, 11) is 2.19. The number of hydrogen-bond donors (Lipinski definition) is 1. The molecule has 1 spiro atoms. The van der Waals surface area contributed by atoms with Crippen molar-refractivity contribution in [2.45, 2.75) is 64.1 Å². The van der Waals surface area contributed by atoms with Crippen molar-refractivity contribution in [1.82, 2.24) is 14.9 Å². The van der Waals surface area contributed by atoms with E-state index >= 15 is 0 Å². The minimum absolute atomic E-state index is 0.351. The SMILES string of the molecule is CCO[C@H]1C[C@@H](N(C)Cc2nccc(N)n2)C12CCCCC2. The van der Waals surface area contributed by atoms with E-state index in [1.807, 2.05) is 0 Å². The van der Waals surface area contributed by atoms with E-state index in [1.165, 1.54) is 32.1 Å². The van der Waals surface area contributed by atoms with Gasteiger partial charge in [-0.25, -0.2) is 9.97 Å². The maximum atomic E-state index is 6.04. The average molecular weight is 304 g/mol. The summed E-state index contributed by atoms with van der Waals surface area (Å²) in [6, 6.07) is 2.31. The molecule has 1 heterocycles. The fourth-order valence-corrected chi connectivity index (χ4v) is 4.47. The molecule has 1 aromatic rings. The van der Waals surface area contributed by atoms with Crippen LogP contribution in [0.25, 0.3) is 0 Å². The molecule has 2 aliphatic rings. The minimum Gasteiger partial charge on any atom is -0.384 e. The van der Waals surface area contributed by atoms with Gasteiger partial charge in [0.1, 0.15) is 11.6 Å². The van der Waals surface area contributed by atoms with Crippen molar-refractivity contribution in [3.8, 4) is 0 Å². The normalized spacial score (nSPS) is 27.0. The van der Waals surface area contributed by atoms with Gasteiger partial charge >= 0.3 is 0 Å². The van der Waals surface area contributed by atoms with Crippen molar-refractivity contribution in [1.29, 1.82) is 0 Å². The van der Waals surface area contributed by atoms with Crippen LogP contribution in [0.15, 0.2) is 12.3 Å². The standard InChI is InChI=1S/C17H28N4O/c1-3-22-14-11-13(17(14)8-5-4-6-9-17)21(2)12-16-19-10-7-15(18)20-16/h7,10,13-14H,3-6,8-9,11-12H2,1-2H3,(H2,18,19,20)/t13-,14+/m1/s1. The second-order valence-electron chi connectivity index (χ2n) is 6.80. The van der Waals surface area contributed by atoms with Gasteiger partial charge in [0.25, 0.3) is 0 Å². The van der Waals surface area contributed by atoms with Crippen LogP contribution in [-0.4, -0.2) is 40.7 Å². The van der Waals surface area contributed by atoms with E-state index in [9.17, 15) is 0 Å². The van der Waals surface area contributed by atoms with Crippen LogP contribution in [0.2, 0.25) is 0 Å². The summed E-state index contributed by atoms with van der Waals surface area (Å²) >= 11 is 0. The Morgan fingerprint density at radius 3 is 2.82 bits per heavy atom. The molecule has 0 amide bonds. The number of aromatic nitrogens is 2. The molecule has 0 bridgehead atoms. The van der Waals surface area contributed by atoms with E-state index in [2.05, 4.69) is 28.8 Å². The van der Waals surface area contributed by atoms with Crippen LogP contribution in [0.3, 0.4) is 0 Å². The molecule has 0 unspecified atom stereocenters.